The highest BCUT2D eigenvalue weighted by molar-refractivity contribution is 5.87. The maximum atomic E-state index is 11.2. The van der Waals surface area contributed by atoms with Crippen molar-refractivity contribution in [1.82, 2.24) is 4.90 Å². The van der Waals surface area contributed by atoms with Gasteiger partial charge in [-0.05, 0) is 19.4 Å². The van der Waals surface area contributed by atoms with Crippen molar-refractivity contribution in [3.8, 4) is 0 Å². The molecule has 0 saturated carbocycles. The molecule has 3 heteroatoms. The van der Waals surface area contributed by atoms with Crippen LogP contribution in [0.3, 0.4) is 0 Å². The maximum absolute atomic E-state index is 11.2. The quantitative estimate of drug-likeness (QED) is 0.635. The minimum Gasteiger partial charge on any atom is -0.379 e. The van der Waals surface area contributed by atoms with Gasteiger partial charge in [-0.25, -0.2) is 0 Å². The van der Waals surface area contributed by atoms with Gasteiger partial charge in [-0.3, -0.25) is 4.79 Å². The lowest BCUT2D eigenvalue weighted by atomic mass is 10.2. The summed E-state index contributed by atoms with van der Waals surface area (Å²) in [5.74, 6) is 0.00190. The van der Waals surface area contributed by atoms with Gasteiger partial charge < -0.3 is 9.64 Å². The predicted molar refractivity (Wildman–Crippen MR) is 58.1 cm³/mol. The minimum atomic E-state index is 0.00190. The first-order valence-corrected chi connectivity index (χ1v) is 5.16. The van der Waals surface area contributed by atoms with Gasteiger partial charge in [0.25, 0.3) is 0 Å². The average Bonchev–Trinajstić information content (AvgIpc) is 2.61. The predicted octanol–water partition coefficient (Wildman–Crippen LogP) is 1.83. The summed E-state index contributed by atoms with van der Waals surface area (Å²) in [6.45, 7) is 10.2. The zero-order chi connectivity index (χ0) is 11.1. The topological polar surface area (TPSA) is 29.5 Å². The van der Waals surface area contributed by atoms with Gasteiger partial charge in [-0.15, -0.1) is 0 Å². The molecule has 1 fully saturated rings. The third-order valence-electron chi connectivity index (χ3n) is 2.44. The second kappa shape index (κ2) is 6.60. The van der Waals surface area contributed by atoms with E-state index in [0.29, 0.717) is 0 Å². The Morgan fingerprint density at radius 2 is 2.14 bits per heavy atom. The van der Waals surface area contributed by atoms with Gasteiger partial charge in [-0.1, -0.05) is 20.4 Å². The zero-order valence-electron chi connectivity index (χ0n) is 9.62. The molecule has 3 nitrogen and oxygen atoms in total. The summed E-state index contributed by atoms with van der Waals surface area (Å²) >= 11 is 0. The van der Waals surface area contributed by atoms with E-state index in [0.717, 1.165) is 13.0 Å². The fourth-order valence-corrected chi connectivity index (χ4v) is 1.65. The number of carbonyl (C=O) groups excluding carboxylic acids is 1. The molecule has 0 bridgehead atoms. The molecule has 14 heavy (non-hydrogen) atoms. The second-order valence-corrected chi connectivity index (χ2v) is 3.04. The molecule has 0 aliphatic carbocycles. The van der Waals surface area contributed by atoms with Crippen LogP contribution in [0.4, 0.5) is 0 Å². The number of rotatable bonds is 2. The highest BCUT2D eigenvalue weighted by atomic mass is 16.5. The summed E-state index contributed by atoms with van der Waals surface area (Å²) in [6.07, 6.45) is 2.47. The molecule has 2 atom stereocenters. The fourth-order valence-electron chi connectivity index (χ4n) is 1.65. The molecule has 0 aromatic rings. The van der Waals surface area contributed by atoms with Crippen LogP contribution in [0.5, 0.6) is 0 Å². The van der Waals surface area contributed by atoms with Crippen molar-refractivity contribution in [2.75, 3.05) is 13.7 Å². The summed E-state index contributed by atoms with van der Waals surface area (Å²) < 4.78 is 5.22. The number of hydrogen-bond acceptors (Lipinski definition) is 2. The lowest BCUT2D eigenvalue weighted by molar-refractivity contribution is -0.127. The van der Waals surface area contributed by atoms with Gasteiger partial charge >= 0.3 is 0 Å². The van der Waals surface area contributed by atoms with Gasteiger partial charge in [0.15, 0.2) is 0 Å². The van der Waals surface area contributed by atoms with Crippen LogP contribution in [0, 0.1) is 0 Å². The third kappa shape index (κ3) is 2.84. The molecule has 0 aromatic heterocycles. The Kier molecular flexibility index (Phi) is 6.21. The monoisotopic (exact) mass is 199 g/mol. The number of amides is 1. The molecule has 1 saturated heterocycles. The lowest BCUT2D eigenvalue weighted by Crippen LogP contribution is -2.36. The summed E-state index contributed by atoms with van der Waals surface area (Å²) in [6, 6.07) is 0.181. The Bertz CT molecular complexity index is 192. The summed E-state index contributed by atoms with van der Waals surface area (Å²) in [7, 11) is 1.68. The molecular weight excluding hydrogens is 178 g/mol. The number of hydrogen-bond donors (Lipinski definition) is 0. The molecule has 0 spiro atoms. The zero-order valence-corrected chi connectivity index (χ0v) is 9.62. The van der Waals surface area contributed by atoms with Crippen LogP contribution in [-0.2, 0) is 9.53 Å². The Morgan fingerprint density at radius 3 is 2.50 bits per heavy atom. The number of nitrogens with zero attached hydrogens (tertiary/aromatic N) is 1. The van der Waals surface area contributed by atoms with Crippen molar-refractivity contribution in [1.29, 1.82) is 0 Å². The number of carbonyl (C=O) groups is 1. The van der Waals surface area contributed by atoms with Crippen molar-refractivity contribution in [3.05, 3.63) is 12.7 Å². The van der Waals surface area contributed by atoms with Crippen molar-refractivity contribution in [3.63, 3.8) is 0 Å². The molecule has 1 rings (SSSR count). The Hall–Kier alpha value is -0.830. The highest BCUT2D eigenvalue weighted by Gasteiger charge is 2.32. The van der Waals surface area contributed by atoms with Crippen LogP contribution in [0.1, 0.15) is 27.2 Å². The molecule has 82 valence electrons. The van der Waals surface area contributed by atoms with Gasteiger partial charge in [0.05, 0.1) is 12.1 Å². The third-order valence-corrected chi connectivity index (χ3v) is 2.44. The van der Waals surface area contributed by atoms with E-state index in [9.17, 15) is 4.79 Å². The van der Waals surface area contributed by atoms with Gasteiger partial charge in [-0.2, -0.15) is 0 Å². The SMILES string of the molecule is C=CC(=O)N1CCC(OC)C1C.CC. The first-order valence-electron chi connectivity index (χ1n) is 5.16. The Labute approximate surface area is 86.7 Å². The van der Waals surface area contributed by atoms with Crippen molar-refractivity contribution < 1.29 is 9.53 Å². The van der Waals surface area contributed by atoms with E-state index >= 15 is 0 Å². The van der Waals surface area contributed by atoms with E-state index in [4.69, 9.17) is 4.74 Å². The lowest BCUT2D eigenvalue weighted by Gasteiger charge is -2.22. The van der Waals surface area contributed by atoms with E-state index in [1.807, 2.05) is 20.8 Å². The smallest absolute Gasteiger partial charge is 0.246 e. The first kappa shape index (κ1) is 13.2. The molecule has 1 heterocycles. The van der Waals surface area contributed by atoms with Crippen LogP contribution in [0.15, 0.2) is 12.7 Å². The molecule has 0 aromatic carbocycles. The molecule has 1 aliphatic heterocycles. The largest absolute Gasteiger partial charge is 0.379 e. The van der Waals surface area contributed by atoms with Gasteiger partial charge in [0, 0.05) is 13.7 Å². The van der Waals surface area contributed by atoms with Crippen LogP contribution in [0.2, 0.25) is 0 Å². The van der Waals surface area contributed by atoms with E-state index in [1.54, 1.807) is 12.0 Å². The normalized spacial score (nSPS) is 25.3. The van der Waals surface area contributed by atoms with E-state index in [1.165, 1.54) is 6.08 Å². The minimum absolute atomic E-state index is 0.00190. The Balaban J connectivity index is 0.000000791. The highest BCUT2D eigenvalue weighted by Crippen LogP contribution is 2.19. The van der Waals surface area contributed by atoms with Crippen LogP contribution in [0.25, 0.3) is 0 Å². The standard InChI is InChI=1S/C9H15NO2.C2H6/c1-4-9(11)10-6-5-8(12-3)7(10)2;1-2/h4,7-8H,1,5-6H2,2-3H3;1-2H3. The molecule has 2 unspecified atom stereocenters. The Morgan fingerprint density at radius 1 is 1.57 bits per heavy atom. The van der Waals surface area contributed by atoms with E-state index in [-0.39, 0.29) is 18.1 Å². The van der Waals surface area contributed by atoms with Gasteiger partial charge in [0.2, 0.25) is 5.91 Å². The molecular formula is C11H21NO2. The summed E-state index contributed by atoms with van der Waals surface area (Å²) in [4.78, 5) is 13.0. The molecule has 0 N–H and O–H groups in total. The summed E-state index contributed by atoms with van der Waals surface area (Å²) in [5.41, 5.74) is 0. The van der Waals surface area contributed by atoms with Crippen LogP contribution >= 0.6 is 0 Å². The molecule has 0 radical (unpaired) electrons. The van der Waals surface area contributed by atoms with Crippen molar-refractivity contribution in [2.24, 2.45) is 0 Å². The first-order chi connectivity index (χ1) is 6.70. The van der Waals surface area contributed by atoms with E-state index in [2.05, 4.69) is 6.58 Å². The average molecular weight is 199 g/mol. The van der Waals surface area contributed by atoms with E-state index < -0.39 is 0 Å². The van der Waals surface area contributed by atoms with Crippen LogP contribution < -0.4 is 0 Å². The second-order valence-electron chi connectivity index (χ2n) is 3.04. The van der Waals surface area contributed by atoms with Crippen LogP contribution in [-0.4, -0.2) is 36.6 Å². The van der Waals surface area contributed by atoms with Gasteiger partial charge in [0.1, 0.15) is 0 Å². The van der Waals surface area contributed by atoms with Crippen molar-refractivity contribution >= 4 is 5.91 Å². The molecule has 1 aliphatic rings. The number of likely N-dealkylation sites (tertiary alicyclic amines) is 1. The number of ether oxygens (including phenoxy) is 1. The number of methoxy groups -OCH3 is 1. The molecule has 1 amide bonds. The fraction of sp³-hybridized carbons (Fsp3) is 0.727. The van der Waals surface area contributed by atoms with Crippen molar-refractivity contribution in [2.45, 2.75) is 39.3 Å². The summed E-state index contributed by atoms with van der Waals surface area (Å²) in [5, 5.41) is 0. The maximum Gasteiger partial charge on any atom is 0.246 e.